The minimum Gasteiger partial charge on any atom is -0.494 e. The number of hydrogen-bond acceptors (Lipinski definition) is 3. The monoisotopic (exact) mass is 381 g/mol. The number of unbranched alkanes of at least 4 members (excludes halogenated alkanes) is 3. The lowest BCUT2D eigenvalue weighted by atomic mass is 10.2. The van der Waals surface area contributed by atoms with Crippen LogP contribution in [-0.2, 0) is 4.79 Å². The molecule has 4 nitrogen and oxygen atoms in total. The standard InChI is InChI=1S/C24H31NO3/c1-3-5-6-9-19-27-22-15-13-21(14-16-22)25-24(26)17-12-20-10-7-8-11-23(20)28-18-4-2/h7-8,10-17H,3-6,9,18-19H2,1-2H3,(H,25,26)/b17-12+. The number of carbonyl (C=O) groups is 1. The third kappa shape index (κ3) is 7.87. The maximum atomic E-state index is 12.2. The Bertz CT molecular complexity index is 738. The molecule has 0 fully saturated rings. The van der Waals surface area contributed by atoms with Gasteiger partial charge >= 0.3 is 0 Å². The molecule has 150 valence electrons. The first-order valence-electron chi connectivity index (χ1n) is 10.2. The van der Waals surface area contributed by atoms with Gasteiger partial charge in [-0.15, -0.1) is 0 Å². The number of carbonyl (C=O) groups excluding carboxylic acids is 1. The predicted molar refractivity (Wildman–Crippen MR) is 116 cm³/mol. The van der Waals surface area contributed by atoms with Gasteiger partial charge in [-0.25, -0.2) is 0 Å². The molecule has 2 aromatic carbocycles. The van der Waals surface area contributed by atoms with Crippen molar-refractivity contribution < 1.29 is 14.3 Å². The fraction of sp³-hybridized carbons (Fsp3) is 0.375. The number of hydrogen-bond donors (Lipinski definition) is 1. The molecular formula is C24H31NO3. The van der Waals surface area contributed by atoms with Gasteiger partial charge in [0.1, 0.15) is 11.5 Å². The summed E-state index contributed by atoms with van der Waals surface area (Å²) in [5.74, 6) is 1.43. The van der Waals surface area contributed by atoms with Gasteiger partial charge in [0.2, 0.25) is 5.91 Å². The Balaban J connectivity index is 1.83. The Morgan fingerprint density at radius 2 is 1.68 bits per heavy atom. The number of nitrogens with one attached hydrogen (secondary N) is 1. The van der Waals surface area contributed by atoms with Crippen LogP contribution in [0.25, 0.3) is 6.08 Å². The second-order valence-corrected chi connectivity index (χ2v) is 6.64. The highest BCUT2D eigenvalue weighted by Gasteiger charge is 2.02. The van der Waals surface area contributed by atoms with Gasteiger partial charge < -0.3 is 14.8 Å². The molecule has 0 unspecified atom stereocenters. The number of para-hydroxylation sites is 1. The highest BCUT2D eigenvalue weighted by molar-refractivity contribution is 6.02. The quantitative estimate of drug-likeness (QED) is 0.358. The van der Waals surface area contributed by atoms with Crippen LogP contribution in [0.4, 0.5) is 5.69 Å². The fourth-order valence-electron chi connectivity index (χ4n) is 2.66. The first kappa shape index (κ1) is 21.5. The van der Waals surface area contributed by atoms with Crippen LogP contribution in [0.3, 0.4) is 0 Å². The first-order chi connectivity index (χ1) is 13.7. The third-order valence-electron chi connectivity index (χ3n) is 4.18. The summed E-state index contributed by atoms with van der Waals surface area (Å²) in [7, 11) is 0. The Hall–Kier alpha value is -2.75. The van der Waals surface area contributed by atoms with Crippen molar-refractivity contribution in [3.8, 4) is 11.5 Å². The number of anilines is 1. The summed E-state index contributed by atoms with van der Waals surface area (Å²) in [4.78, 5) is 12.2. The van der Waals surface area contributed by atoms with E-state index in [1.54, 1.807) is 6.08 Å². The summed E-state index contributed by atoms with van der Waals surface area (Å²) < 4.78 is 11.4. The van der Waals surface area contributed by atoms with E-state index in [4.69, 9.17) is 9.47 Å². The number of rotatable bonds is 12. The maximum Gasteiger partial charge on any atom is 0.248 e. The van der Waals surface area contributed by atoms with Crippen LogP contribution in [0.15, 0.2) is 54.6 Å². The van der Waals surface area contributed by atoms with Gasteiger partial charge in [0.15, 0.2) is 0 Å². The van der Waals surface area contributed by atoms with Crippen LogP contribution >= 0.6 is 0 Å². The molecule has 0 heterocycles. The van der Waals surface area contributed by atoms with Crippen molar-refractivity contribution in [2.75, 3.05) is 18.5 Å². The predicted octanol–water partition coefficient (Wildman–Crippen LogP) is 6.09. The minimum absolute atomic E-state index is 0.182. The number of benzene rings is 2. The number of ether oxygens (including phenoxy) is 2. The summed E-state index contributed by atoms with van der Waals surface area (Å²) in [5, 5.41) is 2.86. The minimum atomic E-state index is -0.182. The van der Waals surface area contributed by atoms with Gasteiger partial charge in [0.05, 0.1) is 13.2 Å². The lowest BCUT2D eigenvalue weighted by molar-refractivity contribution is -0.111. The van der Waals surface area contributed by atoms with Crippen molar-refractivity contribution in [2.45, 2.75) is 46.0 Å². The molecule has 28 heavy (non-hydrogen) atoms. The Labute approximate surface area is 168 Å². The van der Waals surface area contributed by atoms with E-state index in [-0.39, 0.29) is 5.91 Å². The second kappa shape index (κ2) is 12.6. The summed E-state index contributed by atoms with van der Waals surface area (Å²) in [6.07, 6.45) is 8.97. The molecule has 0 aliphatic heterocycles. The average Bonchev–Trinajstić information content (AvgIpc) is 2.72. The van der Waals surface area contributed by atoms with Crippen molar-refractivity contribution >= 4 is 17.7 Å². The van der Waals surface area contributed by atoms with Crippen LogP contribution in [0.1, 0.15) is 51.5 Å². The normalized spacial score (nSPS) is 10.8. The highest BCUT2D eigenvalue weighted by atomic mass is 16.5. The molecule has 0 radical (unpaired) electrons. The zero-order valence-electron chi connectivity index (χ0n) is 16.9. The molecule has 0 saturated heterocycles. The smallest absolute Gasteiger partial charge is 0.248 e. The van der Waals surface area contributed by atoms with E-state index in [1.165, 1.54) is 25.3 Å². The van der Waals surface area contributed by atoms with E-state index in [9.17, 15) is 4.79 Å². The second-order valence-electron chi connectivity index (χ2n) is 6.64. The zero-order chi connectivity index (χ0) is 20.0. The molecule has 0 aliphatic rings. The lowest BCUT2D eigenvalue weighted by Crippen LogP contribution is -2.07. The summed E-state index contributed by atoms with van der Waals surface area (Å²) in [6.45, 7) is 5.65. The Morgan fingerprint density at radius 1 is 0.893 bits per heavy atom. The molecule has 1 amide bonds. The van der Waals surface area contributed by atoms with Crippen LogP contribution < -0.4 is 14.8 Å². The van der Waals surface area contributed by atoms with E-state index in [0.29, 0.717) is 6.61 Å². The summed E-state index contributed by atoms with van der Waals surface area (Å²) >= 11 is 0. The third-order valence-corrected chi connectivity index (χ3v) is 4.18. The SMILES string of the molecule is CCCCCCOc1ccc(NC(=O)/C=C/c2ccccc2OCCC)cc1. The van der Waals surface area contributed by atoms with Crippen LogP contribution in [0.2, 0.25) is 0 Å². The van der Waals surface area contributed by atoms with E-state index >= 15 is 0 Å². The largest absolute Gasteiger partial charge is 0.494 e. The molecule has 0 saturated carbocycles. The molecule has 0 aliphatic carbocycles. The van der Waals surface area contributed by atoms with Crippen molar-refractivity contribution in [2.24, 2.45) is 0 Å². The summed E-state index contributed by atoms with van der Waals surface area (Å²) in [5.41, 5.74) is 1.63. The molecular weight excluding hydrogens is 350 g/mol. The lowest BCUT2D eigenvalue weighted by Gasteiger charge is -2.08. The van der Waals surface area contributed by atoms with E-state index in [0.717, 1.165) is 42.2 Å². The van der Waals surface area contributed by atoms with Gasteiger partial charge in [-0.05, 0) is 49.2 Å². The molecule has 0 aromatic heterocycles. The summed E-state index contributed by atoms with van der Waals surface area (Å²) in [6, 6.07) is 15.2. The van der Waals surface area contributed by atoms with E-state index in [2.05, 4.69) is 19.2 Å². The van der Waals surface area contributed by atoms with Crippen molar-refractivity contribution in [3.05, 3.63) is 60.2 Å². The molecule has 2 rings (SSSR count). The van der Waals surface area contributed by atoms with Crippen LogP contribution in [0.5, 0.6) is 11.5 Å². The van der Waals surface area contributed by atoms with E-state index in [1.807, 2.05) is 48.5 Å². The molecule has 4 heteroatoms. The van der Waals surface area contributed by atoms with Crippen molar-refractivity contribution in [1.82, 2.24) is 0 Å². The van der Waals surface area contributed by atoms with Gasteiger partial charge in [-0.2, -0.15) is 0 Å². The maximum absolute atomic E-state index is 12.2. The Kier molecular flexibility index (Phi) is 9.70. The topological polar surface area (TPSA) is 47.6 Å². The average molecular weight is 382 g/mol. The fourth-order valence-corrected chi connectivity index (χ4v) is 2.66. The number of amides is 1. The van der Waals surface area contributed by atoms with Crippen molar-refractivity contribution in [1.29, 1.82) is 0 Å². The van der Waals surface area contributed by atoms with Gasteiger partial charge in [-0.3, -0.25) is 4.79 Å². The van der Waals surface area contributed by atoms with Gasteiger partial charge in [0, 0.05) is 17.3 Å². The molecule has 0 bridgehead atoms. The van der Waals surface area contributed by atoms with Crippen LogP contribution in [-0.4, -0.2) is 19.1 Å². The highest BCUT2D eigenvalue weighted by Crippen LogP contribution is 2.20. The Morgan fingerprint density at radius 3 is 2.43 bits per heavy atom. The van der Waals surface area contributed by atoms with Gasteiger partial charge in [0.25, 0.3) is 0 Å². The van der Waals surface area contributed by atoms with Gasteiger partial charge in [-0.1, -0.05) is 51.3 Å². The molecule has 0 spiro atoms. The first-order valence-corrected chi connectivity index (χ1v) is 10.2. The van der Waals surface area contributed by atoms with E-state index < -0.39 is 0 Å². The molecule has 0 atom stereocenters. The molecule has 1 N–H and O–H groups in total. The zero-order valence-corrected chi connectivity index (χ0v) is 16.9. The van der Waals surface area contributed by atoms with Crippen LogP contribution in [0, 0.1) is 0 Å². The molecule has 2 aromatic rings. The van der Waals surface area contributed by atoms with Crippen molar-refractivity contribution in [3.63, 3.8) is 0 Å².